The highest BCUT2D eigenvalue weighted by Gasteiger charge is 2.01. The van der Waals surface area contributed by atoms with Gasteiger partial charge in [0.1, 0.15) is 22.2 Å². The van der Waals surface area contributed by atoms with Gasteiger partial charge in [0.15, 0.2) is 0 Å². The SMILES string of the molecule is CCNc1cncc(Sc2ccncn2)n1. The lowest BCUT2D eigenvalue weighted by molar-refractivity contribution is 1.01. The van der Waals surface area contributed by atoms with Crippen molar-refractivity contribution in [3.8, 4) is 0 Å². The van der Waals surface area contributed by atoms with Crippen LogP contribution in [0, 0.1) is 0 Å². The number of rotatable bonds is 4. The zero-order valence-electron chi connectivity index (χ0n) is 8.79. The molecule has 0 amide bonds. The Hall–Kier alpha value is -1.69. The van der Waals surface area contributed by atoms with E-state index in [1.165, 1.54) is 18.1 Å². The predicted octanol–water partition coefficient (Wildman–Crippen LogP) is 1.85. The maximum atomic E-state index is 4.39. The zero-order valence-corrected chi connectivity index (χ0v) is 9.61. The van der Waals surface area contributed by atoms with E-state index in [1.54, 1.807) is 18.6 Å². The second kappa shape index (κ2) is 5.41. The topological polar surface area (TPSA) is 63.6 Å². The summed E-state index contributed by atoms with van der Waals surface area (Å²) >= 11 is 1.46. The molecule has 0 aliphatic carbocycles. The van der Waals surface area contributed by atoms with E-state index in [0.29, 0.717) is 0 Å². The minimum atomic E-state index is 0.779. The van der Waals surface area contributed by atoms with E-state index in [1.807, 2.05) is 13.0 Å². The van der Waals surface area contributed by atoms with Gasteiger partial charge in [-0.2, -0.15) is 0 Å². The fourth-order valence-electron chi connectivity index (χ4n) is 1.11. The van der Waals surface area contributed by atoms with Gasteiger partial charge in [0, 0.05) is 12.7 Å². The molecule has 2 rings (SSSR count). The average Bonchev–Trinajstić information content (AvgIpc) is 2.31. The Morgan fingerprint density at radius 2 is 2.19 bits per heavy atom. The summed E-state index contributed by atoms with van der Waals surface area (Å²) in [5, 5.41) is 4.79. The molecule has 0 atom stereocenters. The molecule has 0 unspecified atom stereocenters. The van der Waals surface area contributed by atoms with Gasteiger partial charge in [-0.3, -0.25) is 4.98 Å². The normalized spacial score (nSPS) is 10.1. The van der Waals surface area contributed by atoms with E-state index in [9.17, 15) is 0 Å². The van der Waals surface area contributed by atoms with Crippen molar-refractivity contribution in [3.05, 3.63) is 31.0 Å². The second-order valence-corrected chi connectivity index (χ2v) is 3.96. The molecular weight excluding hydrogens is 222 g/mol. The maximum absolute atomic E-state index is 4.39. The van der Waals surface area contributed by atoms with Crippen molar-refractivity contribution in [2.45, 2.75) is 17.0 Å². The molecule has 0 saturated heterocycles. The summed E-state index contributed by atoms with van der Waals surface area (Å²) in [6.45, 7) is 2.85. The smallest absolute Gasteiger partial charge is 0.145 e. The minimum Gasteiger partial charge on any atom is -0.369 e. The third-order valence-electron chi connectivity index (χ3n) is 1.73. The van der Waals surface area contributed by atoms with Crippen molar-refractivity contribution in [3.63, 3.8) is 0 Å². The van der Waals surface area contributed by atoms with Crippen molar-refractivity contribution in [2.75, 3.05) is 11.9 Å². The summed E-state index contributed by atoms with van der Waals surface area (Å²) in [6, 6.07) is 1.84. The van der Waals surface area contributed by atoms with E-state index in [-0.39, 0.29) is 0 Å². The van der Waals surface area contributed by atoms with Gasteiger partial charge in [-0.25, -0.2) is 15.0 Å². The van der Waals surface area contributed by atoms with Gasteiger partial charge < -0.3 is 5.32 Å². The van der Waals surface area contributed by atoms with E-state index in [0.717, 1.165) is 22.4 Å². The van der Waals surface area contributed by atoms with Crippen molar-refractivity contribution >= 4 is 17.6 Å². The molecule has 0 aliphatic rings. The third kappa shape index (κ3) is 2.90. The van der Waals surface area contributed by atoms with Crippen LogP contribution in [-0.4, -0.2) is 26.5 Å². The van der Waals surface area contributed by atoms with Crippen molar-refractivity contribution in [1.29, 1.82) is 0 Å². The lowest BCUT2D eigenvalue weighted by Gasteiger charge is -2.03. The molecule has 2 aromatic rings. The summed E-state index contributed by atoms with van der Waals surface area (Å²) in [5.41, 5.74) is 0. The Labute approximate surface area is 97.8 Å². The molecule has 0 spiro atoms. The fraction of sp³-hybridized carbons (Fsp3) is 0.200. The number of anilines is 1. The van der Waals surface area contributed by atoms with Gasteiger partial charge in [-0.1, -0.05) is 0 Å². The standard InChI is InChI=1S/C10H11N5S/c1-2-13-8-5-12-6-10(15-8)16-9-3-4-11-7-14-9/h3-7H,2H2,1H3,(H,13,15). The van der Waals surface area contributed by atoms with Crippen LogP contribution < -0.4 is 5.32 Å². The van der Waals surface area contributed by atoms with E-state index >= 15 is 0 Å². The van der Waals surface area contributed by atoms with Crippen molar-refractivity contribution < 1.29 is 0 Å². The summed E-state index contributed by atoms with van der Waals surface area (Å²) in [6.07, 6.45) is 6.64. The van der Waals surface area contributed by atoms with E-state index in [2.05, 4.69) is 25.3 Å². The molecule has 0 radical (unpaired) electrons. The van der Waals surface area contributed by atoms with Crippen LogP contribution in [-0.2, 0) is 0 Å². The molecule has 6 heteroatoms. The first-order chi connectivity index (χ1) is 7.88. The van der Waals surface area contributed by atoms with E-state index < -0.39 is 0 Å². The van der Waals surface area contributed by atoms with Gasteiger partial charge in [0.25, 0.3) is 0 Å². The third-order valence-corrected chi connectivity index (χ3v) is 2.59. The van der Waals surface area contributed by atoms with Crippen LogP contribution in [0.15, 0.2) is 41.0 Å². The van der Waals surface area contributed by atoms with Crippen LogP contribution in [0.5, 0.6) is 0 Å². The summed E-state index contributed by atoms with van der Waals surface area (Å²) < 4.78 is 0. The molecule has 0 saturated carbocycles. The molecule has 1 N–H and O–H groups in total. The number of hydrogen-bond acceptors (Lipinski definition) is 6. The Bertz CT molecular complexity index is 448. The highest BCUT2D eigenvalue weighted by Crippen LogP contribution is 2.23. The van der Waals surface area contributed by atoms with E-state index in [4.69, 9.17) is 0 Å². The Balaban J connectivity index is 2.12. The zero-order chi connectivity index (χ0) is 11.2. The highest BCUT2D eigenvalue weighted by atomic mass is 32.2. The molecule has 16 heavy (non-hydrogen) atoms. The van der Waals surface area contributed by atoms with Gasteiger partial charge in [-0.05, 0) is 24.8 Å². The first-order valence-corrected chi connectivity index (χ1v) is 5.70. The molecule has 5 nitrogen and oxygen atoms in total. The molecule has 2 heterocycles. The molecule has 0 bridgehead atoms. The van der Waals surface area contributed by atoms with Crippen LogP contribution in [0.3, 0.4) is 0 Å². The van der Waals surface area contributed by atoms with Gasteiger partial charge in [0.05, 0.1) is 12.4 Å². The number of nitrogens with one attached hydrogen (secondary N) is 1. The molecule has 2 aromatic heterocycles. The van der Waals surface area contributed by atoms with Crippen LogP contribution in [0.1, 0.15) is 6.92 Å². The second-order valence-electron chi connectivity index (χ2n) is 2.92. The summed E-state index contributed by atoms with van der Waals surface area (Å²) in [5.74, 6) is 0.779. The monoisotopic (exact) mass is 233 g/mol. The highest BCUT2D eigenvalue weighted by molar-refractivity contribution is 7.99. The summed E-state index contributed by atoms with van der Waals surface area (Å²) in [4.78, 5) is 16.5. The average molecular weight is 233 g/mol. The Morgan fingerprint density at radius 3 is 2.94 bits per heavy atom. The maximum Gasteiger partial charge on any atom is 0.145 e. The van der Waals surface area contributed by atoms with Crippen LogP contribution in [0.2, 0.25) is 0 Å². The molecule has 0 fully saturated rings. The fourth-order valence-corrected chi connectivity index (χ4v) is 1.81. The van der Waals surface area contributed by atoms with Crippen molar-refractivity contribution in [2.24, 2.45) is 0 Å². The lowest BCUT2D eigenvalue weighted by atomic mass is 10.6. The van der Waals surface area contributed by atoms with Crippen LogP contribution >= 0.6 is 11.8 Å². The first kappa shape index (κ1) is 10.8. The number of nitrogens with zero attached hydrogens (tertiary/aromatic N) is 4. The minimum absolute atomic E-state index is 0.779. The number of aromatic nitrogens is 4. The van der Waals surface area contributed by atoms with Crippen LogP contribution in [0.4, 0.5) is 5.82 Å². The summed E-state index contributed by atoms with van der Waals surface area (Å²) in [7, 11) is 0. The Kier molecular flexibility index (Phi) is 3.66. The van der Waals surface area contributed by atoms with Crippen molar-refractivity contribution in [1.82, 2.24) is 19.9 Å². The largest absolute Gasteiger partial charge is 0.369 e. The molecule has 82 valence electrons. The molecule has 0 aliphatic heterocycles. The lowest BCUT2D eigenvalue weighted by Crippen LogP contribution is -2.00. The van der Waals surface area contributed by atoms with Crippen LogP contribution in [0.25, 0.3) is 0 Å². The Morgan fingerprint density at radius 1 is 1.25 bits per heavy atom. The van der Waals surface area contributed by atoms with Gasteiger partial charge in [0.2, 0.25) is 0 Å². The molecular formula is C10H11N5S. The van der Waals surface area contributed by atoms with Gasteiger partial charge >= 0.3 is 0 Å². The number of hydrogen-bond donors (Lipinski definition) is 1. The quantitative estimate of drug-likeness (QED) is 0.813. The predicted molar refractivity (Wildman–Crippen MR) is 62.4 cm³/mol. The van der Waals surface area contributed by atoms with Gasteiger partial charge in [-0.15, -0.1) is 0 Å². The molecule has 0 aromatic carbocycles. The first-order valence-electron chi connectivity index (χ1n) is 4.88.